The lowest BCUT2D eigenvalue weighted by Gasteiger charge is -2.14. The van der Waals surface area contributed by atoms with E-state index in [-0.39, 0.29) is 0 Å². The van der Waals surface area contributed by atoms with Crippen molar-refractivity contribution in [1.29, 1.82) is 0 Å². The molecule has 0 bridgehead atoms. The maximum atomic E-state index is 5.55. The highest BCUT2D eigenvalue weighted by Gasteiger charge is 2.07. The molecule has 0 amide bonds. The van der Waals surface area contributed by atoms with E-state index in [4.69, 9.17) is 5.73 Å². The molecular formula is C15H24N4. The second-order valence-corrected chi connectivity index (χ2v) is 5.47. The fraction of sp³-hybridized carbons (Fsp3) is 0.533. The van der Waals surface area contributed by atoms with Crippen LogP contribution in [0.3, 0.4) is 0 Å². The van der Waals surface area contributed by atoms with Crippen molar-refractivity contribution in [2.24, 2.45) is 5.73 Å². The first-order valence-corrected chi connectivity index (χ1v) is 6.97. The third-order valence-electron chi connectivity index (χ3n) is 3.40. The van der Waals surface area contributed by atoms with E-state index in [0.29, 0.717) is 12.5 Å². The number of nitrogens with zero attached hydrogens (tertiary/aromatic N) is 2. The Balaban J connectivity index is 2.08. The summed E-state index contributed by atoms with van der Waals surface area (Å²) >= 11 is 0. The van der Waals surface area contributed by atoms with E-state index < -0.39 is 0 Å². The van der Waals surface area contributed by atoms with Crippen molar-refractivity contribution in [2.45, 2.75) is 26.2 Å². The summed E-state index contributed by atoms with van der Waals surface area (Å²) in [6, 6.07) is 6.49. The van der Waals surface area contributed by atoms with Crippen molar-refractivity contribution in [3.05, 3.63) is 29.6 Å². The molecule has 0 radical (unpaired) electrons. The summed E-state index contributed by atoms with van der Waals surface area (Å²) in [5, 5.41) is 0. The van der Waals surface area contributed by atoms with Gasteiger partial charge in [0.1, 0.15) is 5.82 Å². The van der Waals surface area contributed by atoms with Crippen LogP contribution in [0, 0.1) is 0 Å². The molecule has 1 aromatic carbocycles. The minimum absolute atomic E-state index is 0.437. The molecule has 1 aromatic heterocycles. The average Bonchev–Trinajstić information content (AvgIpc) is 2.80. The lowest BCUT2D eigenvalue weighted by Crippen LogP contribution is -2.27. The highest BCUT2D eigenvalue weighted by Crippen LogP contribution is 2.18. The summed E-state index contributed by atoms with van der Waals surface area (Å²) in [5.74, 6) is 1.50. The summed E-state index contributed by atoms with van der Waals surface area (Å²) in [6.45, 7) is 7.01. The molecule has 0 aliphatic rings. The van der Waals surface area contributed by atoms with Crippen LogP contribution in [-0.2, 0) is 6.42 Å². The monoisotopic (exact) mass is 260 g/mol. The molecule has 3 N–H and O–H groups in total. The lowest BCUT2D eigenvalue weighted by molar-refractivity contribution is 0.348. The van der Waals surface area contributed by atoms with Gasteiger partial charge in [-0.15, -0.1) is 0 Å². The zero-order valence-electron chi connectivity index (χ0n) is 12.1. The first-order valence-electron chi connectivity index (χ1n) is 6.97. The summed E-state index contributed by atoms with van der Waals surface area (Å²) in [4.78, 5) is 10.3. The quantitative estimate of drug-likeness (QED) is 0.836. The lowest BCUT2D eigenvalue weighted by atomic mass is 10.1. The van der Waals surface area contributed by atoms with Crippen molar-refractivity contribution in [3.63, 3.8) is 0 Å². The van der Waals surface area contributed by atoms with Crippen molar-refractivity contribution in [2.75, 3.05) is 26.7 Å². The van der Waals surface area contributed by atoms with Gasteiger partial charge in [0.05, 0.1) is 11.0 Å². The van der Waals surface area contributed by atoms with E-state index >= 15 is 0 Å². The Morgan fingerprint density at radius 1 is 1.32 bits per heavy atom. The number of likely N-dealkylation sites (N-methyl/N-ethyl adjacent to an activating group) is 1. The maximum Gasteiger partial charge on any atom is 0.109 e. The number of imidazole rings is 1. The van der Waals surface area contributed by atoms with Crippen LogP contribution in [0.1, 0.15) is 31.2 Å². The van der Waals surface area contributed by atoms with Gasteiger partial charge in [-0.3, -0.25) is 0 Å². The minimum atomic E-state index is 0.437. The van der Waals surface area contributed by atoms with Crippen LogP contribution in [0.4, 0.5) is 0 Å². The van der Waals surface area contributed by atoms with Crippen molar-refractivity contribution in [1.82, 2.24) is 14.9 Å². The van der Waals surface area contributed by atoms with Crippen LogP contribution >= 0.6 is 0 Å². The van der Waals surface area contributed by atoms with Crippen molar-refractivity contribution in [3.8, 4) is 0 Å². The number of aromatic nitrogens is 2. The molecular weight excluding hydrogens is 236 g/mol. The topological polar surface area (TPSA) is 57.9 Å². The number of hydrogen-bond donors (Lipinski definition) is 2. The summed E-state index contributed by atoms with van der Waals surface area (Å²) < 4.78 is 0. The van der Waals surface area contributed by atoms with Gasteiger partial charge >= 0.3 is 0 Å². The zero-order chi connectivity index (χ0) is 13.8. The Hall–Kier alpha value is -1.39. The average molecular weight is 260 g/mol. The number of nitrogens with two attached hydrogens (primary N) is 1. The Morgan fingerprint density at radius 3 is 2.79 bits per heavy atom. The first kappa shape index (κ1) is 14.0. The molecule has 2 aromatic rings. The normalized spacial score (nSPS) is 11.9. The van der Waals surface area contributed by atoms with Crippen molar-refractivity contribution >= 4 is 11.0 Å². The molecule has 0 saturated carbocycles. The molecule has 4 nitrogen and oxygen atoms in total. The van der Waals surface area contributed by atoms with Crippen LogP contribution in [0.5, 0.6) is 0 Å². The second-order valence-electron chi connectivity index (χ2n) is 5.47. The minimum Gasteiger partial charge on any atom is -0.342 e. The molecule has 0 aliphatic heterocycles. The van der Waals surface area contributed by atoms with Crippen LogP contribution in [0.2, 0.25) is 0 Å². The van der Waals surface area contributed by atoms with Crippen LogP contribution in [-0.4, -0.2) is 41.5 Å². The molecule has 2 rings (SSSR count). The Kier molecular flexibility index (Phi) is 4.56. The number of rotatable bonds is 6. The molecule has 19 heavy (non-hydrogen) atoms. The Bertz CT molecular complexity index is 530. The van der Waals surface area contributed by atoms with Gasteiger partial charge in [-0.05, 0) is 31.2 Å². The smallest absolute Gasteiger partial charge is 0.109 e. The number of benzene rings is 1. The number of hydrogen-bond acceptors (Lipinski definition) is 3. The molecule has 0 atom stereocenters. The standard InChI is InChI=1S/C15H24N4/c1-11(2)15-17-13-5-4-12(10-14(13)18-15)6-8-19(3)9-7-16/h4-5,10-11H,6-9,16H2,1-3H3,(H,17,18). The molecule has 4 heteroatoms. The van der Waals surface area contributed by atoms with Crippen molar-refractivity contribution < 1.29 is 0 Å². The predicted molar refractivity (Wildman–Crippen MR) is 80.4 cm³/mol. The van der Waals surface area contributed by atoms with E-state index in [0.717, 1.165) is 36.4 Å². The fourth-order valence-corrected chi connectivity index (χ4v) is 2.16. The molecule has 0 saturated heterocycles. The number of fused-ring (bicyclic) bond motifs is 1. The molecule has 1 heterocycles. The third-order valence-corrected chi connectivity index (χ3v) is 3.40. The molecule has 0 unspecified atom stereocenters. The van der Waals surface area contributed by atoms with Gasteiger partial charge in [-0.25, -0.2) is 4.98 Å². The van der Waals surface area contributed by atoms with Crippen LogP contribution < -0.4 is 5.73 Å². The molecule has 0 fully saturated rings. The van der Waals surface area contributed by atoms with E-state index in [2.05, 4.69) is 54.0 Å². The largest absolute Gasteiger partial charge is 0.342 e. The van der Waals surface area contributed by atoms with Gasteiger partial charge in [0.25, 0.3) is 0 Å². The summed E-state index contributed by atoms with van der Waals surface area (Å²) in [7, 11) is 2.11. The Morgan fingerprint density at radius 2 is 2.11 bits per heavy atom. The van der Waals surface area contributed by atoms with Gasteiger partial charge in [-0.1, -0.05) is 19.9 Å². The fourth-order valence-electron chi connectivity index (χ4n) is 2.16. The SMILES string of the molecule is CC(C)c1nc2ccc(CCN(C)CCN)cc2[nH]1. The van der Waals surface area contributed by atoms with Gasteiger partial charge in [0.2, 0.25) is 0 Å². The Labute approximate surface area is 115 Å². The van der Waals surface area contributed by atoms with Crippen LogP contribution in [0.25, 0.3) is 11.0 Å². The number of aromatic amines is 1. The van der Waals surface area contributed by atoms with Gasteiger partial charge < -0.3 is 15.6 Å². The highest BCUT2D eigenvalue weighted by atomic mass is 15.1. The highest BCUT2D eigenvalue weighted by molar-refractivity contribution is 5.76. The number of nitrogens with one attached hydrogen (secondary N) is 1. The zero-order valence-corrected chi connectivity index (χ0v) is 12.1. The van der Waals surface area contributed by atoms with E-state index in [9.17, 15) is 0 Å². The maximum absolute atomic E-state index is 5.55. The number of H-pyrrole nitrogens is 1. The molecule has 0 aliphatic carbocycles. The summed E-state index contributed by atoms with van der Waals surface area (Å²) in [5.41, 5.74) is 9.09. The first-order chi connectivity index (χ1) is 9.10. The van der Waals surface area contributed by atoms with Gasteiger partial charge in [0.15, 0.2) is 0 Å². The molecule has 0 spiro atoms. The van der Waals surface area contributed by atoms with E-state index in [1.807, 2.05) is 0 Å². The third kappa shape index (κ3) is 3.55. The van der Waals surface area contributed by atoms with Crippen LogP contribution in [0.15, 0.2) is 18.2 Å². The van der Waals surface area contributed by atoms with E-state index in [1.54, 1.807) is 0 Å². The van der Waals surface area contributed by atoms with Gasteiger partial charge in [0, 0.05) is 25.6 Å². The summed E-state index contributed by atoms with van der Waals surface area (Å²) in [6.07, 6.45) is 1.04. The van der Waals surface area contributed by atoms with Gasteiger partial charge in [-0.2, -0.15) is 0 Å². The molecule has 104 valence electrons. The van der Waals surface area contributed by atoms with E-state index in [1.165, 1.54) is 5.56 Å². The second kappa shape index (κ2) is 6.17. The predicted octanol–water partition coefficient (Wildman–Crippen LogP) is 2.12.